The largest absolute Gasteiger partial charge is 0.493 e. The van der Waals surface area contributed by atoms with Gasteiger partial charge in [0.15, 0.2) is 5.75 Å². The summed E-state index contributed by atoms with van der Waals surface area (Å²) in [6, 6.07) is 4.55. The fraction of sp³-hybridized carbons (Fsp3) is 0.500. The predicted molar refractivity (Wildman–Crippen MR) is 60.6 cm³/mol. The van der Waals surface area contributed by atoms with Crippen LogP contribution >= 0.6 is 0 Å². The van der Waals surface area contributed by atoms with Gasteiger partial charge in [0.05, 0.1) is 7.11 Å². The Kier molecular flexibility index (Phi) is 3.31. The fourth-order valence-electron chi connectivity index (χ4n) is 1.80. The third-order valence-corrected chi connectivity index (χ3v) is 2.80. The zero-order chi connectivity index (χ0) is 11.5. The summed E-state index contributed by atoms with van der Waals surface area (Å²) in [7, 11) is 3.60. The van der Waals surface area contributed by atoms with Crippen LogP contribution in [0.3, 0.4) is 0 Å². The summed E-state index contributed by atoms with van der Waals surface area (Å²) < 4.78 is 5.29. The minimum Gasteiger partial charge on any atom is -0.493 e. The zero-order valence-electron chi connectivity index (χ0n) is 9.87. The highest BCUT2D eigenvalue weighted by molar-refractivity contribution is 5.50. The number of rotatable bonds is 4. The predicted octanol–water partition coefficient (Wildman–Crippen LogP) is 1.67. The average molecular weight is 223 g/mol. The van der Waals surface area contributed by atoms with Crippen molar-refractivity contribution < 1.29 is 14.5 Å². The van der Waals surface area contributed by atoms with E-state index < -0.39 is 0 Å². The third-order valence-electron chi connectivity index (χ3n) is 2.80. The monoisotopic (exact) mass is 223 g/mol. The Morgan fingerprint density at radius 3 is 3.00 bits per heavy atom. The van der Waals surface area contributed by atoms with E-state index in [-0.39, 0.29) is 0 Å². The van der Waals surface area contributed by atoms with Crippen LogP contribution in [-0.2, 0) is 17.9 Å². The van der Waals surface area contributed by atoms with Crippen molar-refractivity contribution in [2.45, 2.75) is 26.0 Å². The molecule has 0 saturated carbocycles. The van der Waals surface area contributed by atoms with Gasteiger partial charge in [-0.2, -0.15) is 4.89 Å². The second-order valence-electron chi connectivity index (χ2n) is 4.03. The van der Waals surface area contributed by atoms with Crippen molar-refractivity contribution in [1.82, 2.24) is 5.32 Å². The molecule has 1 aliphatic rings. The van der Waals surface area contributed by atoms with E-state index in [2.05, 4.69) is 18.3 Å². The van der Waals surface area contributed by atoms with E-state index in [4.69, 9.17) is 14.5 Å². The number of methoxy groups -OCH3 is 1. The highest BCUT2D eigenvalue weighted by Gasteiger charge is 2.20. The van der Waals surface area contributed by atoms with E-state index in [1.165, 1.54) is 5.56 Å². The number of hydrogen-bond donors (Lipinski definition) is 1. The molecule has 4 heteroatoms. The highest BCUT2D eigenvalue weighted by Crippen LogP contribution is 2.37. The number of hydrogen-bond acceptors (Lipinski definition) is 4. The van der Waals surface area contributed by atoms with E-state index in [9.17, 15) is 0 Å². The summed E-state index contributed by atoms with van der Waals surface area (Å²) in [6.45, 7) is 2.64. The number of nitrogens with one attached hydrogen (secondary N) is 1. The molecule has 0 fully saturated rings. The molecule has 88 valence electrons. The summed E-state index contributed by atoms with van der Waals surface area (Å²) in [4.78, 5) is 10.0. The summed E-state index contributed by atoms with van der Waals surface area (Å²) in [5, 5.41) is 3.22. The maximum atomic E-state index is 5.29. The van der Waals surface area contributed by atoms with Gasteiger partial charge in [-0.1, -0.05) is 0 Å². The highest BCUT2D eigenvalue weighted by atomic mass is 17.2. The van der Waals surface area contributed by atoms with Crippen LogP contribution in [0.25, 0.3) is 0 Å². The molecule has 0 saturated heterocycles. The SMILES string of the molecule is CNC(C)Cc1cc2c(c(OC)c1)OOC2. The first-order chi connectivity index (χ1) is 7.74. The number of likely N-dealkylation sites (N-methyl/N-ethyl adjacent to an activating group) is 1. The van der Waals surface area contributed by atoms with Crippen LogP contribution in [0.4, 0.5) is 0 Å². The second kappa shape index (κ2) is 4.72. The summed E-state index contributed by atoms with van der Waals surface area (Å²) in [5.41, 5.74) is 2.28. The lowest BCUT2D eigenvalue weighted by atomic mass is 10.0. The van der Waals surface area contributed by atoms with Crippen molar-refractivity contribution >= 4 is 0 Å². The normalized spacial score (nSPS) is 15.4. The van der Waals surface area contributed by atoms with Crippen LogP contribution in [-0.4, -0.2) is 20.2 Å². The molecular weight excluding hydrogens is 206 g/mol. The van der Waals surface area contributed by atoms with Gasteiger partial charge >= 0.3 is 0 Å². The molecule has 1 aliphatic heterocycles. The summed E-state index contributed by atoms with van der Waals surface area (Å²) >= 11 is 0. The van der Waals surface area contributed by atoms with Crippen molar-refractivity contribution in [3.8, 4) is 11.5 Å². The molecule has 2 rings (SSSR count). The first kappa shape index (κ1) is 11.2. The van der Waals surface area contributed by atoms with Crippen molar-refractivity contribution in [3.63, 3.8) is 0 Å². The standard InChI is InChI=1S/C12H17NO3/c1-8(13-2)4-9-5-10-7-15-16-12(10)11(6-9)14-3/h5-6,8,13H,4,7H2,1-3H3. The smallest absolute Gasteiger partial charge is 0.212 e. The molecule has 0 spiro atoms. The van der Waals surface area contributed by atoms with Crippen LogP contribution in [0.1, 0.15) is 18.1 Å². The average Bonchev–Trinajstić information content (AvgIpc) is 2.75. The molecule has 1 N–H and O–H groups in total. The lowest BCUT2D eigenvalue weighted by Gasteiger charge is -2.12. The van der Waals surface area contributed by atoms with Gasteiger partial charge in [-0.25, -0.2) is 0 Å². The van der Waals surface area contributed by atoms with Crippen LogP contribution in [0.5, 0.6) is 11.5 Å². The van der Waals surface area contributed by atoms with Crippen molar-refractivity contribution in [1.29, 1.82) is 0 Å². The van der Waals surface area contributed by atoms with Gasteiger partial charge in [0.1, 0.15) is 6.61 Å². The molecule has 16 heavy (non-hydrogen) atoms. The fourth-order valence-corrected chi connectivity index (χ4v) is 1.80. The lowest BCUT2D eigenvalue weighted by Crippen LogP contribution is -2.23. The maximum absolute atomic E-state index is 5.29. The zero-order valence-corrected chi connectivity index (χ0v) is 9.87. The molecule has 0 aliphatic carbocycles. The molecule has 0 amide bonds. The lowest BCUT2D eigenvalue weighted by molar-refractivity contribution is -0.195. The topological polar surface area (TPSA) is 39.7 Å². The Hall–Kier alpha value is -1.26. The Morgan fingerprint density at radius 2 is 2.31 bits per heavy atom. The van der Waals surface area contributed by atoms with Gasteiger partial charge in [-0.05, 0) is 38.1 Å². The molecular formula is C12H17NO3. The van der Waals surface area contributed by atoms with Gasteiger partial charge in [-0.15, -0.1) is 0 Å². The van der Waals surface area contributed by atoms with Gasteiger partial charge in [0.25, 0.3) is 0 Å². The van der Waals surface area contributed by atoms with Gasteiger partial charge in [-0.3, -0.25) is 0 Å². The van der Waals surface area contributed by atoms with E-state index >= 15 is 0 Å². The minimum atomic E-state index is 0.436. The quantitative estimate of drug-likeness (QED) is 0.788. The van der Waals surface area contributed by atoms with Crippen molar-refractivity contribution in [3.05, 3.63) is 23.3 Å². The number of benzene rings is 1. The molecule has 4 nitrogen and oxygen atoms in total. The Labute approximate surface area is 95.4 Å². The van der Waals surface area contributed by atoms with Crippen LogP contribution in [0, 0.1) is 0 Å². The van der Waals surface area contributed by atoms with Crippen LogP contribution < -0.4 is 14.9 Å². The third kappa shape index (κ3) is 2.13. The summed E-state index contributed by atoms with van der Waals surface area (Å²) in [5.74, 6) is 1.46. The van der Waals surface area contributed by atoms with Gasteiger partial charge in [0.2, 0.25) is 5.75 Å². The van der Waals surface area contributed by atoms with E-state index in [0.717, 1.165) is 17.7 Å². The van der Waals surface area contributed by atoms with Crippen LogP contribution in [0.15, 0.2) is 12.1 Å². The number of ether oxygens (including phenoxy) is 1. The molecule has 0 radical (unpaired) electrons. The Balaban J connectivity index is 2.27. The first-order valence-electron chi connectivity index (χ1n) is 5.41. The first-order valence-corrected chi connectivity index (χ1v) is 5.41. The molecule has 1 heterocycles. The van der Waals surface area contributed by atoms with Crippen LogP contribution in [0.2, 0.25) is 0 Å². The molecule has 0 bridgehead atoms. The van der Waals surface area contributed by atoms with Crippen molar-refractivity contribution in [2.24, 2.45) is 0 Å². The number of fused-ring (bicyclic) bond motifs is 1. The molecule has 1 aromatic rings. The van der Waals surface area contributed by atoms with E-state index in [1.807, 2.05) is 13.1 Å². The second-order valence-corrected chi connectivity index (χ2v) is 4.03. The van der Waals surface area contributed by atoms with Crippen molar-refractivity contribution in [2.75, 3.05) is 14.2 Å². The maximum Gasteiger partial charge on any atom is 0.212 e. The van der Waals surface area contributed by atoms with Gasteiger partial charge < -0.3 is 14.9 Å². The van der Waals surface area contributed by atoms with Gasteiger partial charge in [0, 0.05) is 11.6 Å². The Bertz CT molecular complexity index is 379. The Morgan fingerprint density at radius 1 is 1.50 bits per heavy atom. The van der Waals surface area contributed by atoms with E-state index in [1.54, 1.807) is 7.11 Å². The summed E-state index contributed by atoms with van der Waals surface area (Å²) in [6.07, 6.45) is 0.958. The van der Waals surface area contributed by atoms with E-state index in [0.29, 0.717) is 18.4 Å². The molecule has 1 aromatic carbocycles. The molecule has 0 aromatic heterocycles. The molecule has 1 unspecified atom stereocenters. The minimum absolute atomic E-state index is 0.436. The molecule has 1 atom stereocenters.